The minimum absolute atomic E-state index is 0.105. The second-order valence-corrected chi connectivity index (χ2v) is 7.57. The number of sulfonamides is 1. The highest BCUT2D eigenvalue weighted by atomic mass is 32.2. The molecule has 128 valence electrons. The molecule has 1 heterocycles. The molecule has 1 fully saturated rings. The van der Waals surface area contributed by atoms with Crippen molar-refractivity contribution in [2.45, 2.75) is 11.8 Å². The predicted molar refractivity (Wildman–Crippen MR) is 89.3 cm³/mol. The molecule has 5 nitrogen and oxygen atoms in total. The summed E-state index contributed by atoms with van der Waals surface area (Å²) in [5.41, 5.74) is 0.815. The van der Waals surface area contributed by atoms with Crippen molar-refractivity contribution in [3.05, 3.63) is 53.8 Å². The Labute approximate surface area is 141 Å². The van der Waals surface area contributed by atoms with Gasteiger partial charge < -0.3 is 10.1 Å². The van der Waals surface area contributed by atoms with Crippen molar-refractivity contribution in [3.63, 3.8) is 0 Å². The van der Waals surface area contributed by atoms with Gasteiger partial charge in [0.2, 0.25) is 10.0 Å². The maximum absolute atomic E-state index is 13.3. The zero-order valence-corrected chi connectivity index (χ0v) is 14.1. The Balaban J connectivity index is 1.99. The second-order valence-electron chi connectivity index (χ2n) is 5.66. The van der Waals surface area contributed by atoms with E-state index in [9.17, 15) is 12.8 Å². The van der Waals surface area contributed by atoms with Crippen molar-refractivity contribution < 1.29 is 17.5 Å². The van der Waals surface area contributed by atoms with E-state index in [4.69, 9.17) is 4.74 Å². The van der Waals surface area contributed by atoms with Crippen molar-refractivity contribution in [1.82, 2.24) is 9.62 Å². The van der Waals surface area contributed by atoms with E-state index in [0.717, 1.165) is 5.56 Å². The fraction of sp³-hybridized carbons (Fsp3) is 0.294. The summed E-state index contributed by atoms with van der Waals surface area (Å²) in [7, 11) is -3.67. The summed E-state index contributed by atoms with van der Waals surface area (Å²) >= 11 is 0. The summed E-state index contributed by atoms with van der Waals surface area (Å²) in [6.45, 7) is 3.88. The molecule has 0 amide bonds. The average Bonchev–Trinajstić information content (AvgIpc) is 2.57. The molecule has 24 heavy (non-hydrogen) atoms. The molecule has 1 aliphatic heterocycles. The number of aryl methyl sites for hydroxylation is 1. The van der Waals surface area contributed by atoms with E-state index in [2.05, 4.69) is 5.32 Å². The van der Waals surface area contributed by atoms with Gasteiger partial charge in [0.15, 0.2) is 0 Å². The van der Waals surface area contributed by atoms with Gasteiger partial charge in [0.1, 0.15) is 22.2 Å². The molecular formula is C17H19FN2O3S. The number of nitrogens with zero attached hydrogens (tertiary/aromatic N) is 1. The lowest BCUT2D eigenvalue weighted by Crippen LogP contribution is -2.46. The van der Waals surface area contributed by atoms with Crippen molar-refractivity contribution in [3.8, 4) is 11.5 Å². The van der Waals surface area contributed by atoms with Crippen LogP contribution in [0.4, 0.5) is 4.39 Å². The van der Waals surface area contributed by atoms with Crippen LogP contribution in [0.15, 0.2) is 47.4 Å². The van der Waals surface area contributed by atoms with Crippen LogP contribution >= 0.6 is 0 Å². The fourth-order valence-corrected chi connectivity index (χ4v) is 4.22. The van der Waals surface area contributed by atoms with Crippen LogP contribution < -0.4 is 10.1 Å². The van der Waals surface area contributed by atoms with Crippen LogP contribution in [-0.2, 0) is 10.0 Å². The molecule has 0 unspecified atom stereocenters. The van der Waals surface area contributed by atoms with Crippen LogP contribution in [0, 0.1) is 12.7 Å². The van der Waals surface area contributed by atoms with E-state index in [1.807, 2.05) is 6.92 Å². The zero-order chi connectivity index (χ0) is 17.2. The average molecular weight is 350 g/mol. The molecule has 0 spiro atoms. The minimum atomic E-state index is -3.67. The molecule has 3 rings (SSSR count). The number of hydrogen-bond acceptors (Lipinski definition) is 4. The standard InChI is InChI=1S/C17H19FN2O3S/c1-13-5-6-16(23-15-4-2-3-14(18)12-15)17(11-13)24(21,22)20-9-7-19-8-10-20/h2-6,11-12,19H,7-10H2,1H3. The second kappa shape index (κ2) is 6.88. The van der Waals surface area contributed by atoms with Crippen LogP contribution in [0.2, 0.25) is 0 Å². The molecule has 2 aromatic carbocycles. The largest absolute Gasteiger partial charge is 0.456 e. The van der Waals surface area contributed by atoms with Crippen LogP contribution in [0.5, 0.6) is 11.5 Å². The topological polar surface area (TPSA) is 58.6 Å². The zero-order valence-electron chi connectivity index (χ0n) is 13.3. The first-order valence-corrected chi connectivity index (χ1v) is 9.16. The minimum Gasteiger partial charge on any atom is -0.456 e. The third-order valence-electron chi connectivity index (χ3n) is 3.82. The molecule has 0 saturated carbocycles. The van der Waals surface area contributed by atoms with E-state index in [0.29, 0.717) is 26.2 Å². The van der Waals surface area contributed by atoms with E-state index < -0.39 is 15.8 Å². The monoisotopic (exact) mass is 350 g/mol. The van der Waals surface area contributed by atoms with Crippen molar-refractivity contribution in [1.29, 1.82) is 0 Å². The Bertz CT molecular complexity index is 833. The van der Waals surface area contributed by atoms with Gasteiger partial charge in [-0.05, 0) is 36.8 Å². The first-order valence-electron chi connectivity index (χ1n) is 7.72. The van der Waals surface area contributed by atoms with Crippen molar-refractivity contribution in [2.24, 2.45) is 0 Å². The molecule has 1 N–H and O–H groups in total. The van der Waals surface area contributed by atoms with Crippen LogP contribution in [-0.4, -0.2) is 38.9 Å². The first-order chi connectivity index (χ1) is 11.5. The summed E-state index contributed by atoms with van der Waals surface area (Å²) in [5, 5.41) is 3.13. The molecule has 0 atom stereocenters. The molecule has 7 heteroatoms. The molecule has 0 aliphatic carbocycles. The summed E-state index contributed by atoms with van der Waals surface area (Å²) < 4.78 is 46.4. The molecule has 0 aromatic heterocycles. The third kappa shape index (κ3) is 3.58. The molecule has 2 aromatic rings. The van der Waals surface area contributed by atoms with Gasteiger partial charge in [-0.15, -0.1) is 0 Å². The Morgan fingerprint density at radius 3 is 2.58 bits per heavy atom. The lowest BCUT2D eigenvalue weighted by atomic mass is 10.2. The number of rotatable bonds is 4. The van der Waals surface area contributed by atoms with E-state index in [1.165, 1.54) is 22.5 Å². The number of ether oxygens (including phenoxy) is 1. The lowest BCUT2D eigenvalue weighted by molar-refractivity contribution is 0.358. The number of halogens is 1. The fourth-order valence-electron chi connectivity index (χ4n) is 2.58. The Hall–Kier alpha value is -1.96. The Kier molecular flexibility index (Phi) is 4.84. The third-order valence-corrected chi connectivity index (χ3v) is 5.74. The molecule has 0 bridgehead atoms. The van der Waals surface area contributed by atoms with Gasteiger partial charge in [0.25, 0.3) is 0 Å². The number of piperazine rings is 1. The van der Waals surface area contributed by atoms with Crippen molar-refractivity contribution in [2.75, 3.05) is 26.2 Å². The van der Waals surface area contributed by atoms with Crippen LogP contribution in [0.25, 0.3) is 0 Å². The van der Waals surface area contributed by atoms with Gasteiger partial charge in [-0.2, -0.15) is 4.31 Å². The quantitative estimate of drug-likeness (QED) is 0.921. The smallest absolute Gasteiger partial charge is 0.246 e. The van der Waals surface area contributed by atoms with Gasteiger partial charge >= 0.3 is 0 Å². The van der Waals surface area contributed by atoms with Gasteiger partial charge in [0, 0.05) is 32.2 Å². The normalized spacial score (nSPS) is 16.1. The predicted octanol–water partition coefficient (Wildman–Crippen LogP) is 2.52. The van der Waals surface area contributed by atoms with E-state index >= 15 is 0 Å². The maximum Gasteiger partial charge on any atom is 0.246 e. The highest BCUT2D eigenvalue weighted by Crippen LogP contribution is 2.32. The van der Waals surface area contributed by atoms with Gasteiger partial charge in [-0.1, -0.05) is 12.1 Å². The maximum atomic E-state index is 13.3. The van der Waals surface area contributed by atoms with Crippen LogP contribution in [0.1, 0.15) is 5.56 Å². The summed E-state index contributed by atoms with van der Waals surface area (Å²) in [6, 6.07) is 10.6. The summed E-state index contributed by atoms with van der Waals surface area (Å²) in [6.07, 6.45) is 0. The van der Waals surface area contributed by atoms with Crippen molar-refractivity contribution >= 4 is 10.0 Å². The first kappa shape index (κ1) is 16.9. The Morgan fingerprint density at radius 2 is 1.88 bits per heavy atom. The van der Waals surface area contributed by atoms with Crippen LogP contribution in [0.3, 0.4) is 0 Å². The number of benzene rings is 2. The lowest BCUT2D eigenvalue weighted by Gasteiger charge is -2.27. The SMILES string of the molecule is Cc1ccc(Oc2cccc(F)c2)c(S(=O)(=O)N2CCNCC2)c1. The summed E-state index contributed by atoms with van der Waals surface area (Å²) in [5.74, 6) is 0.0199. The highest BCUT2D eigenvalue weighted by Gasteiger charge is 2.29. The van der Waals surface area contributed by atoms with E-state index in [-0.39, 0.29) is 16.4 Å². The number of nitrogens with one attached hydrogen (secondary N) is 1. The molecular weight excluding hydrogens is 331 g/mol. The molecule has 0 radical (unpaired) electrons. The summed E-state index contributed by atoms with van der Waals surface area (Å²) in [4.78, 5) is 0.105. The number of hydrogen-bond donors (Lipinski definition) is 1. The van der Waals surface area contributed by atoms with Gasteiger partial charge in [-0.25, -0.2) is 12.8 Å². The van der Waals surface area contributed by atoms with Gasteiger partial charge in [0.05, 0.1) is 0 Å². The molecule has 1 aliphatic rings. The Morgan fingerprint density at radius 1 is 1.12 bits per heavy atom. The highest BCUT2D eigenvalue weighted by molar-refractivity contribution is 7.89. The molecule has 1 saturated heterocycles. The van der Waals surface area contributed by atoms with E-state index in [1.54, 1.807) is 24.3 Å². The van der Waals surface area contributed by atoms with Gasteiger partial charge in [-0.3, -0.25) is 0 Å².